The Morgan fingerprint density at radius 2 is 1.39 bits per heavy atom. The monoisotopic (exact) mass is 306 g/mol. The Balaban J connectivity index is 0.000000225. The molecular formula is C16H19BrO. The average Bonchev–Trinajstić information content (AvgIpc) is 2.44. The molecule has 0 saturated heterocycles. The molecule has 0 amide bonds. The molecule has 0 spiro atoms. The van der Waals surface area contributed by atoms with Crippen LogP contribution < -0.4 is 4.74 Å². The summed E-state index contributed by atoms with van der Waals surface area (Å²) in [5.41, 5.74) is 0. The van der Waals surface area contributed by atoms with Crippen molar-refractivity contribution < 1.29 is 4.74 Å². The van der Waals surface area contributed by atoms with Crippen LogP contribution in [0, 0.1) is 0 Å². The van der Waals surface area contributed by atoms with Gasteiger partial charge in [0, 0.05) is 4.47 Å². The van der Waals surface area contributed by atoms with Crippen LogP contribution in [0.25, 0.3) is 0 Å². The number of ether oxygens (including phenoxy) is 1. The van der Waals surface area contributed by atoms with Gasteiger partial charge in [0.15, 0.2) is 0 Å². The number of hydrogen-bond donors (Lipinski definition) is 0. The summed E-state index contributed by atoms with van der Waals surface area (Å²) in [5, 5.41) is 0. The maximum atomic E-state index is 5.48. The third-order valence-corrected chi connectivity index (χ3v) is 2.78. The highest BCUT2D eigenvalue weighted by atomic mass is 79.9. The first-order valence-corrected chi connectivity index (χ1v) is 7.00. The first-order chi connectivity index (χ1) is 8.83. The molecule has 0 N–H and O–H groups in total. The highest BCUT2D eigenvalue weighted by Crippen LogP contribution is 2.16. The van der Waals surface area contributed by atoms with Gasteiger partial charge in [-0.15, -0.1) is 0 Å². The van der Waals surface area contributed by atoms with Gasteiger partial charge >= 0.3 is 0 Å². The fourth-order valence-electron chi connectivity index (χ4n) is 1.25. The predicted octanol–water partition coefficient (Wildman–Crippen LogP) is 5.31. The molecule has 2 aromatic carbocycles. The molecule has 0 aromatic heterocycles. The molecule has 1 nitrogen and oxygen atoms in total. The summed E-state index contributed by atoms with van der Waals surface area (Å²) >= 11 is 3.37. The van der Waals surface area contributed by atoms with Gasteiger partial charge in [0.2, 0.25) is 0 Å². The molecule has 0 fully saturated rings. The lowest BCUT2D eigenvalue weighted by atomic mass is 10.3. The Hall–Kier alpha value is -1.28. The fraction of sp³-hybridized carbons (Fsp3) is 0.250. The van der Waals surface area contributed by atoms with Gasteiger partial charge in [-0.2, -0.15) is 0 Å². The molecule has 0 bridgehead atoms. The Kier molecular flexibility index (Phi) is 7.98. The first kappa shape index (κ1) is 14.8. The predicted molar refractivity (Wildman–Crippen MR) is 81.0 cm³/mol. The highest BCUT2D eigenvalue weighted by molar-refractivity contribution is 9.10. The van der Waals surface area contributed by atoms with E-state index in [0.717, 1.165) is 23.2 Å². The molecule has 0 saturated carbocycles. The topological polar surface area (TPSA) is 9.23 Å². The molecule has 0 unspecified atom stereocenters. The Morgan fingerprint density at radius 1 is 0.889 bits per heavy atom. The van der Waals surface area contributed by atoms with Crippen molar-refractivity contribution in [2.45, 2.75) is 19.8 Å². The van der Waals surface area contributed by atoms with Crippen molar-refractivity contribution in [2.24, 2.45) is 0 Å². The summed E-state index contributed by atoms with van der Waals surface area (Å²) in [7, 11) is 0. The van der Waals surface area contributed by atoms with E-state index in [1.807, 2.05) is 60.7 Å². The largest absolute Gasteiger partial charge is 0.494 e. The van der Waals surface area contributed by atoms with E-state index in [2.05, 4.69) is 22.9 Å². The average molecular weight is 307 g/mol. The third kappa shape index (κ3) is 7.13. The lowest BCUT2D eigenvalue weighted by molar-refractivity contribution is 0.309. The SMILES string of the molecule is CCCCOc1ccc(Br)cc1.c1ccccc1. The fourth-order valence-corrected chi connectivity index (χ4v) is 1.51. The summed E-state index contributed by atoms with van der Waals surface area (Å²) < 4.78 is 6.57. The third-order valence-electron chi connectivity index (χ3n) is 2.25. The van der Waals surface area contributed by atoms with Crippen molar-refractivity contribution >= 4 is 15.9 Å². The van der Waals surface area contributed by atoms with Crippen LogP contribution in [-0.4, -0.2) is 6.61 Å². The normalized spacial score (nSPS) is 9.22. The molecule has 96 valence electrons. The standard InChI is InChI=1S/C10H13BrO.C6H6/c1-2-3-8-12-10-6-4-9(11)5-7-10;1-2-4-6-5-3-1/h4-7H,2-3,8H2,1H3;1-6H. The second kappa shape index (κ2) is 9.72. The maximum absolute atomic E-state index is 5.48. The molecule has 0 aliphatic carbocycles. The van der Waals surface area contributed by atoms with Crippen molar-refractivity contribution in [3.05, 3.63) is 65.1 Å². The first-order valence-electron chi connectivity index (χ1n) is 6.21. The van der Waals surface area contributed by atoms with Crippen molar-refractivity contribution in [2.75, 3.05) is 6.61 Å². The van der Waals surface area contributed by atoms with E-state index < -0.39 is 0 Å². The number of hydrogen-bond acceptors (Lipinski definition) is 1. The minimum atomic E-state index is 0.818. The van der Waals surface area contributed by atoms with Gasteiger partial charge in [0.25, 0.3) is 0 Å². The van der Waals surface area contributed by atoms with Crippen LogP contribution in [0.4, 0.5) is 0 Å². The van der Waals surface area contributed by atoms with Gasteiger partial charge in [0.05, 0.1) is 6.61 Å². The van der Waals surface area contributed by atoms with Gasteiger partial charge in [-0.25, -0.2) is 0 Å². The highest BCUT2D eigenvalue weighted by Gasteiger charge is 1.91. The maximum Gasteiger partial charge on any atom is 0.119 e. The number of benzene rings is 2. The summed E-state index contributed by atoms with van der Waals surface area (Å²) in [5.74, 6) is 0.951. The Bertz CT molecular complexity index is 370. The van der Waals surface area contributed by atoms with Gasteiger partial charge in [0.1, 0.15) is 5.75 Å². The van der Waals surface area contributed by atoms with E-state index in [9.17, 15) is 0 Å². The van der Waals surface area contributed by atoms with Crippen molar-refractivity contribution in [1.29, 1.82) is 0 Å². The number of unbranched alkanes of at least 4 members (excludes halogenated alkanes) is 1. The van der Waals surface area contributed by atoms with Gasteiger partial charge in [-0.1, -0.05) is 65.7 Å². The van der Waals surface area contributed by atoms with E-state index in [1.54, 1.807) is 0 Å². The zero-order chi connectivity index (χ0) is 13.1. The van der Waals surface area contributed by atoms with E-state index in [0.29, 0.717) is 0 Å². The van der Waals surface area contributed by atoms with Crippen LogP contribution in [0.5, 0.6) is 5.75 Å². The second-order valence-electron chi connectivity index (χ2n) is 3.81. The Labute approximate surface area is 118 Å². The van der Waals surface area contributed by atoms with E-state index >= 15 is 0 Å². The molecule has 0 atom stereocenters. The van der Waals surface area contributed by atoms with Crippen LogP contribution >= 0.6 is 15.9 Å². The molecule has 2 heteroatoms. The van der Waals surface area contributed by atoms with Crippen LogP contribution in [0.2, 0.25) is 0 Å². The van der Waals surface area contributed by atoms with Gasteiger partial charge in [-0.05, 0) is 30.7 Å². The van der Waals surface area contributed by atoms with Crippen molar-refractivity contribution in [3.8, 4) is 5.75 Å². The molecular weight excluding hydrogens is 288 g/mol. The van der Waals surface area contributed by atoms with E-state index in [-0.39, 0.29) is 0 Å². The van der Waals surface area contributed by atoms with E-state index in [4.69, 9.17) is 4.74 Å². The van der Waals surface area contributed by atoms with Crippen LogP contribution in [0.3, 0.4) is 0 Å². The van der Waals surface area contributed by atoms with Crippen LogP contribution in [0.1, 0.15) is 19.8 Å². The lowest BCUT2D eigenvalue weighted by Crippen LogP contribution is -1.95. The van der Waals surface area contributed by atoms with Crippen molar-refractivity contribution in [3.63, 3.8) is 0 Å². The zero-order valence-electron chi connectivity index (χ0n) is 10.7. The summed E-state index contributed by atoms with van der Waals surface area (Å²) in [6.45, 7) is 2.98. The molecule has 0 radical (unpaired) electrons. The number of rotatable bonds is 4. The van der Waals surface area contributed by atoms with Gasteiger partial charge in [-0.3, -0.25) is 0 Å². The molecule has 18 heavy (non-hydrogen) atoms. The molecule has 2 aromatic rings. The summed E-state index contributed by atoms with van der Waals surface area (Å²) in [6.07, 6.45) is 2.30. The Morgan fingerprint density at radius 3 is 1.83 bits per heavy atom. The zero-order valence-corrected chi connectivity index (χ0v) is 12.3. The summed E-state index contributed by atoms with van der Waals surface area (Å²) in [4.78, 5) is 0. The molecule has 0 heterocycles. The van der Waals surface area contributed by atoms with Crippen molar-refractivity contribution in [1.82, 2.24) is 0 Å². The molecule has 0 aliphatic heterocycles. The molecule has 0 aliphatic rings. The molecule has 2 rings (SSSR count). The quantitative estimate of drug-likeness (QED) is 0.695. The van der Waals surface area contributed by atoms with Gasteiger partial charge < -0.3 is 4.74 Å². The summed E-state index contributed by atoms with van der Waals surface area (Å²) in [6, 6.07) is 19.9. The lowest BCUT2D eigenvalue weighted by Gasteiger charge is -2.04. The smallest absolute Gasteiger partial charge is 0.119 e. The minimum Gasteiger partial charge on any atom is -0.494 e. The number of halogens is 1. The second-order valence-corrected chi connectivity index (χ2v) is 4.73. The minimum absolute atomic E-state index is 0.818. The van der Waals surface area contributed by atoms with Crippen LogP contribution in [0.15, 0.2) is 65.1 Å². The van der Waals surface area contributed by atoms with E-state index in [1.165, 1.54) is 6.42 Å². The van der Waals surface area contributed by atoms with Crippen LogP contribution in [-0.2, 0) is 0 Å².